The standard InChI is InChI=1S/C23H23ClN2O3S/c1-23(18-9-5-3-6-10-18,19-11-7-4-8-12-19)16-26-22(27)17-13-14-20(24)21(15-17)30(28,29)25-2/h3-15,25H,16H2,1-2H3,(H,26,27). The van der Waals surface area contributed by atoms with Crippen molar-refractivity contribution in [2.75, 3.05) is 13.6 Å². The Balaban J connectivity index is 1.90. The quantitative estimate of drug-likeness (QED) is 0.581. The molecular weight excluding hydrogens is 420 g/mol. The van der Waals surface area contributed by atoms with Gasteiger partial charge in [0.25, 0.3) is 5.91 Å². The van der Waals surface area contributed by atoms with Gasteiger partial charge < -0.3 is 5.32 Å². The summed E-state index contributed by atoms with van der Waals surface area (Å²) in [5.74, 6) is -0.377. The molecule has 0 saturated heterocycles. The third-order valence-corrected chi connectivity index (χ3v) is 7.07. The van der Waals surface area contributed by atoms with Crippen LogP contribution in [-0.2, 0) is 15.4 Å². The molecule has 0 fully saturated rings. The van der Waals surface area contributed by atoms with Crippen molar-refractivity contribution < 1.29 is 13.2 Å². The summed E-state index contributed by atoms with van der Waals surface area (Å²) in [7, 11) is -2.48. The van der Waals surface area contributed by atoms with Crippen molar-refractivity contribution >= 4 is 27.5 Å². The van der Waals surface area contributed by atoms with Crippen molar-refractivity contribution in [3.8, 4) is 0 Å². The molecule has 2 N–H and O–H groups in total. The van der Waals surface area contributed by atoms with Crippen LogP contribution in [0.2, 0.25) is 5.02 Å². The Labute approximate surface area is 182 Å². The lowest BCUT2D eigenvalue weighted by molar-refractivity contribution is 0.0947. The fourth-order valence-corrected chi connectivity index (χ4v) is 4.55. The van der Waals surface area contributed by atoms with Crippen LogP contribution in [-0.4, -0.2) is 27.9 Å². The summed E-state index contributed by atoms with van der Waals surface area (Å²) >= 11 is 6.02. The Hall–Kier alpha value is -2.67. The number of amides is 1. The van der Waals surface area contributed by atoms with Gasteiger partial charge in [-0.15, -0.1) is 0 Å². The van der Waals surface area contributed by atoms with Crippen LogP contribution < -0.4 is 10.0 Å². The van der Waals surface area contributed by atoms with E-state index in [0.29, 0.717) is 6.54 Å². The molecule has 0 spiro atoms. The number of hydrogen-bond donors (Lipinski definition) is 2. The molecule has 0 radical (unpaired) electrons. The zero-order valence-corrected chi connectivity index (χ0v) is 18.3. The molecule has 3 aromatic rings. The molecule has 0 aliphatic heterocycles. The van der Waals surface area contributed by atoms with Crippen LogP contribution in [0.5, 0.6) is 0 Å². The van der Waals surface area contributed by atoms with Gasteiger partial charge in [0.15, 0.2) is 0 Å². The van der Waals surface area contributed by atoms with E-state index < -0.39 is 15.4 Å². The molecule has 0 atom stereocenters. The molecule has 156 valence electrons. The molecule has 0 saturated carbocycles. The Bertz CT molecular complexity index is 1090. The molecule has 3 aromatic carbocycles. The van der Waals surface area contributed by atoms with E-state index in [4.69, 9.17) is 11.6 Å². The number of carbonyl (C=O) groups is 1. The summed E-state index contributed by atoms with van der Waals surface area (Å²) in [5, 5.41) is 3.01. The molecule has 0 bridgehead atoms. The summed E-state index contributed by atoms with van der Waals surface area (Å²) in [6.07, 6.45) is 0. The molecule has 3 rings (SSSR count). The molecule has 7 heteroatoms. The van der Waals surface area contributed by atoms with Gasteiger partial charge in [0, 0.05) is 17.5 Å². The highest BCUT2D eigenvalue weighted by molar-refractivity contribution is 7.89. The van der Waals surface area contributed by atoms with Crippen molar-refractivity contribution in [2.45, 2.75) is 17.2 Å². The fourth-order valence-electron chi connectivity index (χ4n) is 3.30. The Morgan fingerprint density at radius 3 is 1.97 bits per heavy atom. The van der Waals surface area contributed by atoms with Gasteiger partial charge in [0.2, 0.25) is 10.0 Å². The number of hydrogen-bond acceptors (Lipinski definition) is 3. The zero-order chi connectivity index (χ0) is 21.8. The molecule has 0 aromatic heterocycles. The number of benzene rings is 3. The molecule has 0 unspecified atom stereocenters. The lowest BCUT2D eigenvalue weighted by atomic mass is 9.76. The van der Waals surface area contributed by atoms with Gasteiger partial charge in [-0.1, -0.05) is 72.3 Å². The third-order valence-electron chi connectivity index (χ3n) is 5.18. The van der Waals surface area contributed by atoms with Gasteiger partial charge >= 0.3 is 0 Å². The number of nitrogens with one attached hydrogen (secondary N) is 2. The summed E-state index contributed by atoms with van der Waals surface area (Å²) < 4.78 is 26.5. The smallest absolute Gasteiger partial charge is 0.251 e. The van der Waals surface area contributed by atoms with E-state index in [2.05, 4.69) is 17.0 Å². The fraction of sp³-hybridized carbons (Fsp3) is 0.174. The first-order valence-corrected chi connectivity index (χ1v) is 11.3. The Kier molecular flexibility index (Phi) is 6.61. The average Bonchev–Trinajstić information content (AvgIpc) is 2.78. The van der Waals surface area contributed by atoms with E-state index in [-0.39, 0.29) is 21.4 Å². The number of halogens is 1. The SMILES string of the molecule is CNS(=O)(=O)c1cc(C(=O)NCC(C)(c2ccccc2)c2ccccc2)ccc1Cl. The Morgan fingerprint density at radius 2 is 1.47 bits per heavy atom. The third kappa shape index (κ3) is 4.56. The van der Waals surface area contributed by atoms with Crippen molar-refractivity contribution in [3.05, 3.63) is 101 Å². The van der Waals surface area contributed by atoms with Crippen LogP contribution in [0.1, 0.15) is 28.4 Å². The second-order valence-electron chi connectivity index (χ2n) is 7.10. The maximum absolute atomic E-state index is 12.9. The lowest BCUT2D eigenvalue weighted by Gasteiger charge is -2.31. The largest absolute Gasteiger partial charge is 0.351 e. The highest BCUT2D eigenvalue weighted by atomic mass is 35.5. The maximum Gasteiger partial charge on any atom is 0.251 e. The van der Waals surface area contributed by atoms with E-state index in [1.54, 1.807) is 0 Å². The average molecular weight is 443 g/mol. The molecule has 1 amide bonds. The minimum Gasteiger partial charge on any atom is -0.351 e. The van der Waals surface area contributed by atoms with Crippen LogP contribution in [0.15, 0.2) is 83.8 Å². The molecule has 5 nitrogen and oxygen atoms in total. The van der Waals surface area contributed by atoms with Crippen LogP contribution in [0.4, 0.5) is 0 Å². The normalized spacial score (nSPS) is 11.8. The second-order valence-corrected chi connectivity index (χ2v) is 9.36. The monoisotopic (exact) mass is 442 g/mol. The highest BCUT2D eigenvalue weighted by Gasteiger charge is 2.29. The van der Waals surface area contributed by atoms with Gasteiger partial charge in [-0.3, -0.25) is 4.79 Å². The van der Waals surface area contributed by atoms with Crippen molar-refractivity contribution in [3.63, 3.8) is 0 Å². The second kappa shape index (κ2) is 9.00. The summed E-state index contributed by atoms with van der Waals surface area (Å²) in [5.41, 5.74) is 1.87. The zero-order valence-electron chi connectivity index (χ0n) is 16.7. The maximum atomic E-state index is 12.9. The molecule has 30 heavy (non-hydrogen) atoms. The van der Waals surface area contributed by atoms with Gasteiger partial charge in [-0.2, -0.15) is 0 Å². The highest BCUT2D eigenvalue weighted by Crippen LogP contribution is 2.31. The number of rotatable bonds is 7. The van der Waals surface area contributed by atoms with Crippen molar-refractivity contribution in [1.82, 2.24) is 10.0 Å². The van der Waals surface area contributed by atoms with Gasteiger partial charge in [-0.25, -0.2) is 13.1 Å². The minimum atomic E-state index is -3.78. The first-order chi connectivity index (χ1) is 14.3. The molecular formula is C23H23ClN2O3S. The number of sulfonamides is 1. The summed E-state index contributed by atoms with van der Waals surface area (Å²) in [6.45, 7) is 2.40. The molecule has 0 heterocycles. The van der Waals surface area contributed by atoms with E-state index in [9.17, 15) is 13.2 Å². The molecule has 0 aliphatic rings. The van der Waals surface area contributed by atoms with Gasteiger partial charge in [0.1, 0.15) is 4.90 Å². The molecule has 0 aliphatic carbocycles. The Morgan fingerprint density at radius 1 is 0.933 bits per heavy atom. The van der Waals surface area contributed by atoms with Crippen molar-refractivity contribution in [1.29, 1.82) is 0 Å². The van der Waals surface area contributed by atoms with E-state index >= 15 is 0 Å². The number of carbonyl (C=O) groups excluding carboxylic acids is 1. The van der Waals surface area contributed by atoms with Crippen LogP contribution in [0.3, 0.4) is 0 Å². The first kappa shape index (κ1) is 22.0. The van der Waals surface area contributed by atoms with Crippen LogP contribution >= 0.6 is 11.6 Å². The van der Waals surface area contributed by atoms with Gasteiger partial charge in [0.05, 0.1) is 5.02 Å². The predicted octanol–water partition coefficient (Wildman–Crippen LogP) is 3.98. The predicted molar refractivity (Wildman–Crippen MR) is 119 cm³/mol. The van der Waals surface area contributed by atoms with Crippen molar-refractivity contribution in [2.24, 2.45) is 0 Å². The van der Waals surface area contributed by atoms with E-state index in [1.807, 2.05) is 60.7 Å². The topological polar surface area (TPSA) is 75.3 Å². The van der Waals surface area contributed by atoms with Crippen LogP contribution in [0, 0.1) is 0 Å². The summed E-state index contributed by atoms with van der Waals surface area (Å²) in [6, 6.07) is 24.1. The first-order valence-electron chi connectivity index (χ1n) is 9.40. The van der Waals surface area contributed by atoms with Crippen LogP contribution in [0.25, 0.3) is 0 Å². The minimum absolute atomic E-state index is 0.0549. The van der Waals surface area contributed by atoms with Gasteiger partial charge in [-0.05, 0) is 43.3 Å². The van der Waals surface area contributed by atoms with E-state index in [1.165, 1.54) is 25.2 Å². The lowest BCUT2D eigenvalue weighted by Crippen LogP contribution is -2.39. The van der Waals surface area contributed by atoms with E-state index in [0.717, 1.165) is 11.1 Å². The summed E-state index contributed by atoms with van der Waals surface area (Å²) in [4.78, 5) is 12.7.